The molecule has 0 aliphatic carbocycles. The second kappa shape index (κ2) is 6.67. The zero-order valence-electron chi connectivity index (χ0n) is 12.0. The number of fused-ring (bicyclic) bond motifs is 1. The molecule has 0 spiro atoms. The van der Waals surface area contributed by atoms with Gasteiger partial charge in [-0.2, -0.15) is 0 Å². The zero-order valence-corrected chi connectivity index (χ0v) is 12.8. The summed E-state index contributed by atoms with van der Waals surface area (Å²) in [5.74, 6) is 0.704. The molecular weight excluding hydrogens is 298 g/mol. The van der Waals surface area contributed by atoms with E-state index in [1.165, 1.54) is 0 Å². The first-order chi connectivity index (χ1) is 10.8. The molecule has 0 N–H and O–H groups in total. The summed E-state index contributed by atoms with van der Waals surface area (Å²) in [7, 11) is 0. The number of rotatable bonds is 6. The van der Waals surface area contributed by atoms with E-state index in [1.54, 1.807) is 0 Å². The van der Waals surface area contributed by atoms with Crippen LogP contribution in [0.1, 0.15) is 16.8 Å². The summed E-state index contributed by atoms with van der Waals surface area (Å²) in [6.45, 7) is 1.37. The maximum Gasteiger partial charge on any atom is 0.152 e. The van der Waals surface area contributed by atoms with Crippen LogP contribution < -0.4 is 4.74 Å². The summed E-state index contributed by atoms with van der Waals surface area (Å²) in [5.41, 5.74) is 1.80. The van der Waals surface area contributed by atoms with E-state index in [-0.39, 0.29) is 0 Å². The molecule has 4 heteroatoms. The molecule has 0 bridgehead atoms. The van der Waals surface area contributed by atoms with Crippen molar-refractivity contribution < 1.29 is 9.53 Å². The fourth-order valence-corrected chi connectivity index (χ4v) is 2.72. The standard InChI is InChI=1S/C18H16ClNO2/c19-16-7-2-4-9-18(16)22-11-5-10-20-12-14(13-21)15-6-1-3-8-17(15)20/h1-4,6-9,12-13H,5,10-11H2. The Labute approximate surface area is 134 Å². The number of hydrogen-bond donors (Lipinski definition) is 0. The number of aromatic nitrogens is 1. The molecule has 0 saturated heterocycles. The van der Waals surface area contributed by atoms with Crippen LogP contribution in [0.25, 0.3) is 10.9 Å². The van der Waals surface area contributed by atoms with Gasteiger partial charge in [0, 0.05) is 29.2 Å². The van der Waals surface area contributed by atoms with E-state index in [2.05, 4.69) is 4.57 Å². The Balaban J connectivity index is 1.65. The molecule has 0 unspecified atom stereocenters. The van der Waals surface area contributed by atoms with E-state index < -0.39 is 0 Å². The average Bonchev–Trinajstić information content (AvgIpc) is 2.91. The second-order valence-corrected chi connectivity index (χ2v) is 5.45. The van der Waals surface area contributed by atoms with Gasteiger partial charge in [0.05, 0.1) is 11.6 Å². The van der Waals surface area contributed by atoms with Crippen molar-refractivity contribution in [3.8, 4) is 5.75 Å². The van der Waals surface area contributed by atoms with Crippen LogP contribution in [-0.2, 0) is 6.54 Å². The first-order valence-electron chi connectivity index (χ1n) is 7.20. The quantitative estimate of drug-likeness (QED) is 0.493. The van der Waals surface area contributed by atoms with Gasteiger partial charge in [-0.05, 0) is 24.6 Å². The van der Waals surface area contributed by atoms with Gasteiger partial charge >= 0.3 is 0 Å². The first-order valence-corrected chi connectivity index (χ1v) is 7.58. The van der Waals surface area contributed by atoms with E-state index in [1.807, 2.05) is 54.7 Å². The normalized spacial score (nSPS) is 10.8. The van der Waals surface area contributed by atoms with Crippen molar-refractivity contribution in [1.82, 2.24) is 4.57 Å². The van der Waals surface area contributed by atoms with Crippen LogP contribution in [-0.4, -0.2) is 17.5 Å². The third-order valence-corrected chi connectivity index (χ3v) is 3.90. The van der Waals surface area contributed by atoms with Crippen LogP contribution in [0.2, 0.25) is 5.02 Å². The Bertz CT molecular complexity index is 795. The minimum Gasteiger partial charge on any atom is -0.492 e. The van der Waals surface area contributed by atoms with Crippen LogP contribution in [0.5, 0.6) is 5.75 Å². The molecule has 3 rings (SSSR count). The largest absolute Gasteiger partial charge is 0.492 e. The van der Waals surface area contributed by atoms with Crippen LogP contribution >= 0.6 is 11.6 Å². The molecule has 1 heterocycles. The van der Waals surface area contributed by atoms with Crippen molar-refractivity contribution in [3.05, 3.63) is 65.3 Å². The van der Waals surface area contributed by atoms with Crippen molar-refractivity contribution in [3.63, 3.8) is 0 Å². The number of carbonyl (C=O) groups excluding carboxylic acids is 1. The molecule has 2 aromatic carbocycles. The van der Waals surface area contributed by atoms with Gasteiger partial charge < -0.3 is 9.30 Å². The van der Waals surface area contributed by atoms with Crippen molar-refractivity contribution in [1.29, 1.82) is 0 Å². The lowest BCUT2D eigenvalue weighted by molar-refractivity contribution is 0.112. The highest BCUT2D eigenvalue weighted by atomic mass is 35.5. The average molecular weight is 314 g/mol. The highest BCUT2D eigenvalue weighted by Gasteiger charge is 2.07. The monoisotopic (exact) mass is 313 g/mol. The van der Waals surface area contributed by atoms with Crippen LogP contribution in [0, 0.1) is 0 Å². The lowest BCUT2D eigenvalue weighted by atomic mass is 10.2. The summed E-state index contributed by atoms with van der Waals surface area (Å²) in [4.78, 5) is 11.1. The molecule has 0 radical (unpaired) electrons. The summed E-state index contributed by atoms with van der Waals surface area (Å²) < 4.78 is 7.78. The number of ether oxygens (including phenoxy) is 1. The predicted octanol–water partition coefficient (Wildman–Crippen LogP) is 4.58. The molecule has 0 aliphatic heterocycles. The minimum atomic E-state index is 0.576. The van der Waals surface area contributed by atoms with Gasteiger partial charge in [0.2, 0.25) is 0 Å². The van der Waals surface area contributed by atoms with Crippen LogP contribution in [0.3, 0.4) is 0 Å². The van der Waals surface area contributed by atoms with Crippen molar-refractivity contribution in [2.75, 3.05) is 6.61 Å². The zero-order chi connectivity index (χ0) is 15.4. The highest BCUT2D eigenvalue weighted by molar-refractivity contribution is 6.32. The molecule has 3 nitrogen and oxygen atoms in total. The molecule has 0 atom stereocenters. The number of aldehydes is 1. The maximum absolute atomic E-state index is 11.1. The van der Waals surface area contributed by atoms with E-state index in [4.69, 9.17) is 16.3 Å². The third-order valence-electron chi connectivity index (χ3n) is 3.58. The summed E-state index contributed by atoms with van der Waals surface area (Å²) in [5, 5.41) is 1.61. The number of para-hydroxylation sites is 2. The molecule has 0 saturated carbocycles. The van der Waals surface area contributed by atoms with E-state index >= 15 is 0 Å². The van der Waals surface area contributed by atoms with Gasteiger partial charge in [-0.1, -0.05) is 41.9 Å². The maximum atomic E-state index is 11.1. The fraction of sp³-hybridized carbons (Fsp3) is 0.167. The summed E-state index contributed by atoms with van der Waals surface area (Å²) in [6, 6.07) is 15.4. The van der Waals surface area contributed by atoms with Gasteiger partial charge in [-0.25, -0.2) is 0 Å². The second-order valence-electron chi connectivity index (χ2n) is 5.05. The van der Waals surface area contributed by atoms with Crippen molar-refractivity contribution in [2.45, 2.75) is 13.0 Å². The number of hydrogen-bond acceptors (Lipinski definition) is 2. The molecule has 0 amide bonds. The van der Waals surface area contributed by atoms with Gasteiger partial charge in [-0.15, -0.1) is 0 Å². The molecule has 0 aliphatic rings. The van der Waals surface area contributed by atoms with Gasteiger partial charge in [-0.3, -0.25) is 4.79 Å². The number of nitrogens with zero attached hydrogens (tertiary/aromatic N) is 1. The molecule has 22 heavy (non-hydrogen) atoms. The lowest BCUT2D eigenvalue weighted by Gasteiger charge is -2.09. The Morgan fingerprint density at radius 2 is 1.86 bits per heavy atom. The van der Waals surface area contributed by atoms with Gasteiger partial charge in [0.1, 0.15) is 5.75 Å². The molecule has 1 aromatic heterocycles. The van der Waals surface area contributed by atoms with Crippen LogP contribution in [0.15, 0.2) is 54.7 Å². The number of aryl methyl sites for hydroxylation is 1. The lowest BCUT2D eigenvalue weighted by Crippen LogP contribution is -2.04. The Morgan fingerprint density at radius 3 is 2.68 bits per heavy atom. The molecule has 3 aromatic rings. The Morgan fingerprint density at radius 1 is 1.09 bits per heavy atom. The smallest absolute Gasteiger partial charge is 0.152 e. The molecule has 112 valence electrons. The predicted molar refractivity (Wildman–Crippen MR) is 88.9 cm³/mol. The minimum absolute atomic E-state index is 0.576. The highest BCUT2D eigenvalue weighted by Crippen LogP contribution is 2.23. The van der Waals surface area contributed by atoms with Gasteiger partial charge in [0.15, 0.2) is 6.29 Å². The summed E-state index contributed by atoms with van der Waals surface area (Å²) in [6.07, 6.45) is 3.63. The van der Waals surface area contributed by atoms with E-state index in [0.717, 1.165) is 35.7 Å². The number of benzene rings is 2. The Hall–Kier alpha value is -2.26. The van der Waals surface area contributed by atoms with E-state index in [0.29, 0.717) is 17.4 Å². The molecular formula is C18H16ClNO2. The van der Waals surface area contributed by atoms with Gasteiger partial charge in [0.25, 0.3) is 0 Å². The van der Waals surface area contributed by atoms with Crippen LogP contribution in [0.4, 0.5) is 0 Å². The SMILES string of the molecule is O=Cc1cn(CCCOc2ccccc2Cl)c2ccccc12. The van der Waals surface area contributed by atoms with E-state index in [9.17, 15) is 4.79 Å². The summed E-state index contributed by atoms with van der Waals surface area (Å²) >= 11 is 6.05. The number of carbonyl (C=O) groups is 1. The van der Waals surface area contributed by atoms with Crippen molar-refractivity contribution in [2.24, 2.45) is 0 Å². The molecule has 0 fully saturated rings. The Kier molecular flexibility index (Phi) is 4.45. The van der Waals surface area contributed by atoms with Crippen molar-refractivity contribution >= 4 is 28.8 Å². The number of halogens is 1. The fourth-order valence-electron chi connectivity index (χ4n) is 2.53. The third kappa shape index (κ3) is 3.00. The topological polar surface area (TPSA) is 31.2 Å². The first kappa shape index (κ1) is 14.7.